The van der Waals surface area contributed by atoms with Crippen LogP contribution in [-0.4, -0.2) is 31.2 Å². The molecule has 2 saturated heterocycles. The maximum absolute atomic E-state index is 11.2. The van der Waals surface area contributed by atoms with E-state index in [1.165, 1.54) is 0 Å². The minimum Gasteiger partial charge on any atom is -0.378 e. The highest BCUT2D eigenvalue weighted by atomic mass is 16.6. The zero-order chi connectivity index (χ0) is 9.31. The molecule has 0 aromatic heterocycles. The van der Waals surface area contributed by atoms with Gasteiger partial charge >= 0.3 is 0 Å². The SMILES string of the molecule is CC(=O)C1CCOC2(CCOC2)C1. The molecule has 1 spiro atoms. The van der Waals surface area contributed by atoms with E-state index >= 15 is 0 Å². The van der Waals surface area contributed by atoms with Gasteiger partial charge in [-0.3, -0.25) is 4.79 Å². The molecule has 0 aliphatic carbocycles. The molecule has 2 atom stereocenters. The minimum atomic E-state index is -0.116. The van der Waals surface area contributed by atoms with E-state index in [1.807, 2.05) is 0 Å². The van der Waals surface area contributed by atoms with Gasteiger partial charge in [0.05, 0.1) is 12.2 Å². The average Bonchev–Trinajstić information content (AvgIpc) is 2.53. The van der Waals surface area contributed by atoms with Gasteiger partial charge in [0.15, 0.2) is 0 Å². The van der Waals surface area contributed by atoms with Crippen molar-refractivity contribution in [1.82, 2.24) is 0 Å². The van der Waals surface area contributed by atoms with Crippen LogP contribution < -0.4 is 0 Å². The predicted molar refractivity (Wildman–Crippen MR) is 47.5 cm³/mol. The summed E-state index contributed by atoms with van der Waals surface area (Å²) in [5.41, 5.74) is -0.116. The van der Waals surface area contributed by atoms with Crippen LogP contribution in [0.1, 0.15) is 26.2 Å². The van der Waals surface area contributed by atoms with Crippen LogP contribution in [0.3, 0.4) is 0 Å². The molecule has 2 fully saturated rings. The van der Waals surface area contributed by atoms with Gasteiger partial charge in [0.1, 0.15) is 5.78 Å². The minimum absolute atomic E-state index is 0.116. The van der Waals surface area contributed by atoms with Crippen molar-refractivity contribution in [2.45, 2.75) is 31.8 Å². The topological polar surface area (TPSA) is 35.5 Å². The van der Waals surface area contributed by atoms with Gasteiger partial charge < -0.3 is 9.47 Å². The second-order valence-corrected chi connectivity index (χ2v) is 4.13. The van der Waals surface area contributed by atoms with Gasteiger partial charge in [-0.2, -0.15) is 0 Å². The van der Waals surface area contributed by atoms with Crippen molar-refractivity contribution in [2.24, 2.45) is 5.92 Å². The lowest BCUT2D eigenvalue weighted by Gasteiger charge is -2.36. The standard InChI is InChI=1S/C10H16O3/c1-8(11)9-2-4-13-10(6-9)3-5-12-7-10/h9H,2-7H2,1H3. The molecule has 2 aliphatic heterocycles. The van der Waals surface area contributed by atoms with Crippen LogP contribution in [0, 0.1) is 5.92 Å². The lowest BCUT2D eigenvalue weighted by Crippen LogP contribution is -2.42. The van der Waals surface area contributed by atoms with Crippen LogP contribution in [0.15, 0.2) is 0 Å². The number of hydrogen-bond donors (Lipinski definition) is 0. The van der Waals surface area contributed by atoms with Crippen LogP contribution >= 0.6 is 0 Å². The van der Waals surface area contributed by atoms with E-state index in [4.69, 9.17) is 9.47 Å². The highest BCUT2D eigenvalue weighted by Gasteiger charge is 2.41. The fourth-order valence-electron chi connectivity index (χ4n) is 2.24. The van der Waals surface area contributed by atoms with E-state index in [0.29, 0.717) is 19.0 Å². The van der Waals surface area contributed by atoms with Crippen LogP contribution in [0.4, 0.5) is 0 Å². The number of carbonyl (C=O) groups is 1. The quantitative estimate of drug-likeness (QED) is 0.613. The first-order valence-corrected chi connectivity index (χ1v) is 4.94. The van der Waals surface area contributed by atoms with E-state index in [1.54, 1.807) is 6.92 Å². The Balaban J connectivity index is 2.02. The molecule has 0 N–H and O–H groups in total. The zero-order valence-corrected chi connectivity index (χ0v) is 8.04. The third kappa shape index (κ3) is 1.76. The molecule has 2 unspecified atom stereocenters. The van der Waals surface area contributed by atoms with Gasteiger partial charge in [0, 0.05) is 25.6 Å². The monoisotopic (exact) mass is 184 g/mol. The van der Waals surface area contributed by atoms with E-state index in [9.17, 15) is 4.79 Å². The second-order valence-electron chi connectivity index (χ2n) is 4.13. The number of Topliss-reactive ketones (excluding diaryl/α,β-unsaturated/α-hetero) is 1. The zero-order valence-electron chi connectivity index (χ0n) is 8.04. The largest absolute Gasteiger partial charge is 0.378 e. The predicted octanol–water partition coefficient (Wildman–Crippen LogP) is 1.16. The Labute approximate surface area is 78.4 Å². The van der Waals surface area contributed by atoms with Crippen molar-refractivity contribution in [2.75, 3.05) is 19.8 Å². The molecule has 0 radical (unpaired) electrons. The Kier molecular flexibility index (Phi) is 2.39. The van der Waals surface area contributed by atoms with Gasteiger partial charge in [0.25, 0.3) is 0 Å². The molecular formula is C10H16O3. The smallest absolute Gasteiger partial charge is 0.133 e. The van der Waals surface area contributed by atoms with E-state index < -0.39 is 0 Å². The van der Waals surface area contributed by atoms with Crippen molar-refractivity contribution >= 4 is 5.78 Å². The first kappa shape index (κ1) is 9.16. The molecule has 3 heteroatoms. The maximum Gasteiger partial charge on any atom is 0.133 e. The molecule has 0 aromatic rings. The van der Waals surface area contributed by atoms with Gasteiger partial charge in [-0.05, 0) is 19.8 Å². The highest BCUT2D eigenvalue weighted by molar-refractivity contribution is 5.78. The number of hydrogen-bond acceptors (Lipinski definition) is 3. The summed E-state index contributed by atoms with van der Waals surface area (Å²) in [7, 11) is 0. The number of rotatable bonds is 1. The third-order valence-electron chi connectivity index (χ3n) is 3.14. The van der Waals surface area contributed by atoms with Crippen molar-refractivity contribution in [3.05, 3.63) is 0 Å². The third-order valence-corrected chi connectivity index (χ3v) is 3.14. The fourth-order valence-corrected chi connectivity index (χ4v) is 2.24. The Bertz CT molecular complexity index is 206. The van der Waals surface area contributed by atoms with Crippen molar-refractivity contribution in [3.63, 3.8) is 0 Å². The summed E-state index contributed by atoms with van der Waals surface area (Å²) < 4.78 is 11.1. The van der Waals surface area contributed by atoms with Crippen LogP contribution in [-0.2, 0) is 14.3 Å². The molecule has 2 heterocycles. The molecule has 74 valence electrons. The Morgan fingerprint density at radius 3 is 2.92 bits per heavy atom. The first-order chi connectivity index (χ1) is 6.22. The van der Waals surface area contributed by atoms with Gasteiger partial charge in [-0.25, -0.2) is 0 Å². The van der Waals surface area contributed by atoms with Gasteiger partial charge in [-0.15, -0.1) is 0 Å². The molecule has 13 heavy (non-hydrogen) atoms. The van der Waals surface area contributed by atoms with E-state index in [-0.39, 0.29) is 11.5 Å². The van der Waals surface area contributed by atoms with Crippen molar-refractivity contribution in [3.8, 4) is 0 Å². The van der Waals surface area contributed by atoms with Crippen LogP contribution in [0.5, 0.6) is 0 Å². The Hall–Kier alpha value is -0.410. The molecule has 0 bridgehead atoms. The van der Waals surface area contributed by atoms with Gasteiger partial charge in [-0.1, -0.05) is 0 Å². The van der Waals surface area contributed by atoms with E-state index in [2.05, 4.69) is 0 Å². The summed E-state index contributed by atoms with van der Waals surface area (Å²) in [4.78, 5) is 11.2. The summed E-state index contributed by atoms with van der Waals surface area (Å²) in [6.45, 7) is 3.86. The normalized spacial score (nSPS) is 39.6. The lowest BCUT2D eigenvalue weighted by atomic mass is 9.83. The summed E-state index contributed by atoms with van der Waals surface area (Å²) in [5.74, 6) is 0.505. The summed E-state index contributed by atoms with van der Waals surface area (Å²) >= 11 is 0. The number of ketones is 1. The molecule has 0 aromatic carbocycles. The number of ether oxygens (including phenoxy) is 2. The van der Waals surface area contributed by atoms with Crippen molar-refractivity contribution < 1.29 is 14.3 Å². The average molecular weight is 184 g/mol. The first-order valence-electron chi connectivity index (χ1n) is 4.94. The van der Waals surface area contributed by atoms with Gasteiger partial charge in [0.2, 0.25) is 0 Å². The second kappa shape index (κ2) is 3.39. The Morgan fingerprint density at radius 1 is 1.46 bits per heavy atom. The van der Waals surface area contributed by atoms with E-state index in [0.717, 1.165) is 25.9 Å². The molecule has 2 aliphatic rings. The molecule has 3 nitrogen and oxygen atoms in total. The lowest BCUT2D eigenvalue weighted by molar-refractivity contribution is -0.135. The molecular weight excluding hydrogens is 168 g/mol. The highest BCUT2D eigenvalue weighted by Crippen LogP contribution is 2.35. The molecule has 2 rings (SSSR count). The molecule has 0 amide bonds. The molecule has 0 saturated carbocycles. The summed E-state index contributed by atoms with van der Waals surface area (Å²) in [6.07, 6.45) is 2.70. The summed E-state index contributed by atoms with van der Waals surface area (Å²) in [5, 5.41) is 0. The Morgan fingerprint density at radius 2 is 2.31 bits per heavy atom. The summed E-state index contributed by atoms with van der Waals surface area (Å²) in [6, 6.07) is 0. The van der Waals surface area contributed by atoms with Crippen molar-refractivity contribution in [1.29, 1.82) is 0 Å². The van der Waals surface area contributed by atoms with Crippen LogP contribution in [0.2, 0.25) is 0 Å². The van der Waals surface area contributed by atoms with Crippen LogP contribution in [0.25, 0.3) is 0 Å². The maximum atomic E-state index is 11.2. The fraction of sp³-hybridized carbons (Fsp3) is 0.900. The number of carbonyl (C=O) groups excluding carboxylic acids is 1.